The highest BCUT2D eigenvalue weighted by Gasteiger charge is 2.10. The van der Waals surface area contributed by atoms with Crippen molar-refractivity contribution in [3.63, 3.8) is 0 Å². The lowest BCUT2D eigenvalue weighted by Crippen LogP contribution is -2.22. The molecule has 0 saturated heterocycles. The molecular weight excluding hydrogens is 328 g/mol. The maximum absolute atomic E-state index is 11.9. The van der Waals surface area contributed by atoms with Crippen molar-refractivity contribution in [1.82, 2.24) is 14.9 Å². The molecular formula is C13H13ClN4O3S. The summed E-state index contributed by atoms with van der Waals surface area (Å²) in [6.45, 7) is 1.56. The van der Waals surface area contributed by atoms with Crippen LogP contribution in [0.2, 0.25) is 5.02 Å². The van der Waals surface area contributed by atoms with Gasteiger partial charge in [0, 0.05) is 0 Å². The lowest BCUT2D eigenvalue weighted by atomic mass is 10.2. The fourth-order valence-electron chi connectivity index (χ4n) is 1.71. The first-order chi connectivity index (χ1) is 10.5. The van der Waals surface area contributed by atoms with Crippen molar-refractivity contribution in [1.29, 1.82) is 0 Å². The van der Waals surface area contributed by atoms with Gasteiger partial charge < -0.3 is 9.47 Å². The SMILES string of the molecule is COc1cc(/C=N\n2c(=S)[nH]nc(C)c2=O)cc(Cl)c1OC. The summed E-state index contributed by atoms with van der Waals surface area (Å²) in [4.78, 5) is 11.9. The molecule has 0 aliphatic carbocycles. The Bertz CT molecular complexity index is 844. The van der Waals surface area contributed by atoms with E-state index < -0.39 is 5.56 Å². The Morgan fingerprint density at radius 3 is 2.77 bits per heavy atom. The van der Waals surface area contributed by atoms with Gasteiger partial charge >= 0.3 is 0 Å². The number of rotatable bonds is 4. The minimum absolute atomic E-state index is 0.0958. The Hall–Kier alpha value is -2.19. The first-order valence-electron chi connectivity index (χ1n) is 6.12. The average Bonchev–Trinajstić information content (AvgIpc) is 2.50. The zero-order valence-corrected chi connectivity index (χ0v) is 13.7. The van der Waals surface area contributed by atoms with Crippen LogP contribution in [0.1, 0.15) is 11.3 Å². The van der Waals surface area contributed by atoms with E-state index in [1.165, 1.54) is 20.4 Å². The second-order valence-electron chi connectivity index (χ2n) is 4.21. The number of methoxy groups -OCH3 is 2. The molecule has 1 heterocycles. The molecule has 0 amide bonds. The highest BCUT2D eigenvalue weighted by Crippen LogP contribution is 2.35. The number of ether oxygens (including phenoxy) is 2. The van der Waals surface area contributed by atoms with Crippen molar-refractivity contribution in [3.05, 3.63) is 43.5 Å². The predicted octanol–water partition coefficient (Wildman–Crippen LogP) is 2.16. The summed E-state index contributed by atoms with van der Waals surface area (Å²) in [5, 5.41) is 10.7. The third kappa shape index (κ3) is 3.18. The van der Waals surface area contributed by atoms with Crippen molar-refractivity contribution in [3.8, 4) is 11.5 Å². The van der Waals surface area contributed by atoms with Gasteiger partial charge in [-0.05, 0) is 36.8 Å². The van der Waals surface area contributed by atoms with Crippen LogP contribution in [0.25, 0.3) is 0 Å². The van der Waals surface area contributed by atoms with Gasteiger partial charge in [-0.2, -0.15) is 14.9 Å². The first-order valence-corrected chi connectivity index (χ1v) is 6.90. The largest absolute Gasteiger partial charge is 0.493 e. The highest BCUT2D eigenvalue weighted by atomic mass is 35.5. The van der Waals surface area contributed by atoms with E-state index >= 15 is 0 Å². The van der Waals surface area contributed by atoms with E-state index in [2.05, 4.69) is 15.3 Å². The van der Waals surface area contributed by atoms with Gasteiger partial charge in [-0.25, -0.2) is 0 Å². The molecule has 0 spiro atoms. The summed E-state index contributed by atoms with van der Waals surface area (Å²) in [7, 11) is 3.00. The first kappa shape index (κ1) is 16.2. The number of hydrogen-bond donors (Lipinski definition) is 1. The standard InChI is InChI=1S/C13H13ClN4O3S/c1-7-12(19)18(13(22)17-16-7)15-6-8-4-9(14)11(21-3)10(5-8)20-2/h4-6H,1-3H3,(H,17,22)/b15-6-. The zero-order chi connectivity index (χ0) is 16.3. The van der Waals surface area contributed by atoms with E-state index in [4.69, 9.17) is 33.3 Å². The second-order valence-corrected chi connectivity index (χ2v) is 5.01. The number of halogens is 1. The van der Waals surface area contributed by atoms with Crippen LogP contribution in [-0.2, 0) is 0 Å². The molecule has 0 atom stereocenters. The molecule has 7 nitrogen and oxygen atoms in total. The maximum atomic E-state index is 11.9. The van der Waals surface area contributed by atoms with E-state index in [0.29, 0.717) is 22.1 Å². The van der Waals surface area contributed by atoms with Crippen LogP contribution in [-0.4, -0.2) is 35.3 Å². The van der Waals surface area contributed by atoms with E-state index in [1.807, 2.05) is 0 Å². The van der Waals surface area contributed by atoms with Crippen LogP contribution in [0.4, 0.5) is 0 Å². The lowest BCUT2D eigenvalue weighted by molar-refractivity contribution is 0.355. The molecule has 9 heteroatoms. The van der Waals surface area contributed by atoms with Gasteiger partial charge in [0.25, 0.3) is 5.56 Å². The minimum atomic E-state index is -0.397. The van der Waals surface area contributed by atoms with Crippen LogP contribution in [0.5, 0.6) is 11.5 Å². The third-order valence-corrected chi connectivity index (χ3v) is 3.34. The molecule has 1 aromatic heterocycles. The Morgan fingerprint density at radius 1 is 1.41 bits per heavy atom. The Kier molecular flexibility index (Phi) is 4.94. The second kappa shape index (κ2) is 6.71. The number of aromatic amines is 1. The van der Waals surface area contributed by atoms with Gasteiger partial charge in [-0.1, -0.05) is 11.6 Å². The number of benzene rings is 1. The molecule has 1 N–H and O–H groups in total. The monoisotopic (exact) mass is 340 g/mol. The van der Waals surface area contributed by atoms with Gasteiger partial charge in [-0.3, -0.25) is 9.89 Å². The maximum Gasteiger partial charge on any atom is 0.296 e. The predicted molar refractivity (Wildman–Crippen MR) is 86.0 cm³/mol. The van der Waals surface area contributed by atoms with Crippen molar-refractivity contribution in [2.75, 3.05) is 14.2 Å². The molecule has 22 heavy (non-hydrogen) atoms. The number of aryl methyl sites for hydroxylation is 1. The molecule has 116 valence electrons. The van der Waals surface area contributed by atoms with Gasteiger partial charge in [0.15, 0.2) is 11.5 Å². The summed E-state index contributed by atoms with van der Waals surface area (Å²) < 4.78 is 11.5. The molecule has 2 aromatic rings. The van der Waals surface area contributed by atoms with Crippen molar-refractivity contribution >= 4 is 30.0 Å². The molecule has 1 aromatic carbocycles. The minimum Gasteiger partial charge on any atom is -0.493 e. The fourth-order valence-corrected chi connectivity index (χ4v) is 2.19. The number of hydrogen-bond acceptors (Lipinski definition) is 6. The van der Waals surface area contributed by atoms with Gasteiger partial charge in [-0.15, -0.1) is 0 Å². The van der Waals surface area contributed by atoms with Gasteiger partial charge in [0.2, 0.25) is 4.77 Å². The molecule has 0 saturated carbocycles. The summed E-state index contributed by atoms with van der Waals surface area (Å²) >= 11 is 11.1. The Labute approximate surface area is 136 Å². The van der Waals surface area contributed by atoms with E-state index in [9.17, 15) is 4.79 Å². The molecule has 0 radical (unpaired) electrons. The van der Waals surface area contributed by atoms with Crippen LogP contribution >= 0.6 is 23.8 Å². The zero-order valence-electron chi connectivity index (χ0n) is 12.1. The van der Waals surface area contributed by atoms with Crippen molar-refractivity contribution in [2.24, 2.45) is 5.10 Å². The molecule has 0 unspecified atom stereocenters. The van der Waals surface area contributed by atoms with E-state index in [0.717, 1.165) is 4.68 Å². The molecule has 0 bridgehead atoms. The van der Waals surface area contributed by atoms with Crippen LogP contribution < -0.4 is 15.0 Å². The number of H-pyrrole nitrogens is 1. The number of nitrogens with one attached hydrogen (secondary N) is 1. The normalized spacial score (nSPS) is 10.9. The highest BCUT2D eigenvalue weighted by molar-refractivity contribution is 7.71. The molecule has 0 aliphatic heterocycles. The summed E-state index contributed by atoms with van der Waals surface area (Å²) in [5.74, 6) is 0.885. The van der Waals surface area contributed by atoms with Crippen LogP contribution in [0, 0.1) is 11.7 Å². The average molecular weight is 341 g/mol. The van der Waals surface area contributed by atoms with Crippen LogP contribution in [0.3, 0.4) is 0 Å². The third-order valence-electron chi connectivity index (χ3n) is 2.79. The molecule has 0 fully saturated rings. The summed E-state index contributed by atoms with van der Waals surface area (Å²) in [6.07, 6.45) is 1.44. The van der Waals surface area contributed by atoms with Crippen molar-refractivity contribution < 1.29 is 9.47 Å². The summed E-state index contributed by atoms with van der Waals surface area (Å²) in [5.41, 5.74) is 0.487. The van der Waals surface area contributed by atoms with Gasteiger partial charge in [0.1, 0.15) is 5.69 Å². The van der Waals surface area contributed by atoms with Crippen LogP contribution in [0.15, 0.2) is 22.0 Å². The number of aromatic nitrogens is 3. The Morgan fingerprint density at radius 2 is 2.14 bits per heavy atom. The fraction of sp³-hybridized carbons (Fsp3) is 0.231. The smallest absolute Gasteiger partial charge is 0.296 e. The van der Waals surface area contributed by atoms with E-state index in [-0.39, 0.29) is 10.5 Å². The summed E-state index contributed by atoms with van der Waals surface area (Å²) in [6, 6.07) is 3.32. The lowest BCUT2D eigenvalue weighted by Gasteiger charge is -2.09. The molecule has 0 aliphatic rings. The Balaban J connectivity index is 2.48. The topological polar surface area (TPSA) is 81.5 Å². The quantitative estimate of drug-likeness (QED) is 0.681. The van der Waals surface area contributed by atoms with E-state index in [1.54, 1.807) is 19.1 Å². The van der Waals surface area contributed by atoms with Gasteiger partial charge in [0.05, 0.1) is 25.5 Å². The number of nitrogens with zero attached hydrogens (tertiary/aromatic N) is 3. The molecule has 2 rings (SSSR count). The van der Waals surface area contributed by atoms with Crippen molar-refractivity contribution in [2.45, 2.75) is 6.92 Å².